The first kappa shape index (κ1) is 20.6. The van der Waals surface area contributed by atoms with Crippen LogP contribution < -0.4 is 21.1 Å². The molecule has 0 heterocycles. The van der Waals surface area contributed by atoms with Crippen molar-refractivity contribution in [2.75, 3.05) is 31.0 Å². The Morgan fingerprint density at radius 3 is 2.64 bits per heavy atom. The molecule has 0 aromatic heterocycles. The fraction of sp³-hybridized carbons (Fsp3) is 0.438. The number of benzene rings is 1. The van der Waals surface area contributed by atoms with E-state index in [2.05, 4.69) is 10.6 Å². The fourth-order valence-electron chi connectivity index (χ4n) is 2.00. The number of amides is 3. The molecule has 0 aliphatic rings. The van der Waals surface area contributed by atoms with E-state index >= 15 is 0 Å². The molecule has 1 rings (SSSR count). The topological polar surface area (TPSA) is 120 Å². The van der Waals surface area contributed by atoms with E-state index in [0.29, 0.717) is 23.6 Å². The van der Waals surface area contributed by atoms with E-state index in [0.717, 1.165) is 5.56 Å². The largest absolute Gasteiger partial charge is 0.495 e. The number of nitrogens with two attached hydrogens (primary N) is 1. The van der Waals surface area contributed by atoms with E-state index in [1.54, 1.807) is 12.1 Å². The van der Waals surface area contributed by atoms with Crippen LogP contribution in [0.25, 0.3) is 0 Å². The van der Waals surface area contributed by atoms with Crippen molar-refractivity contribution < 1.29 is 23.9 Å². The Hall–Kier alpha value is -2.42. The normalized spacial score (nSPS) is 11.3. The Labute approximate surface area is 150 Å². The van der Waals surface area contributed by atoms with Gasteiger partial charge in [0.05, 0.1) is 12.8 Å². The van der Waals surface area contributed by atoms with E-state index in [1.165, 1.54) is 18.9 Å². The fourth-order valence-corrected chi connectivity index (χ4v) is 2.47. The monoisotopic (exact) mass is 369 g/mol. The van der Waals surface area contributed by atoms with Crippen molar-refractivity contribution in [1.82, 2.24) is 5.32 Å². The molecule has 0 spiro atoms. The molecule has 1 aromatic carbocycles. The van der Waals surface area contributed by atoms with Crippen molar-refractivity contribution in [2.45, 2.75) is 19.4 Å². The molecule has 0 unspecified atom stereocenters. The molecular weight excluding hydrogens is 346 g/mol. The summed E-state index contributed by atoms with van der Waals surface area (Å²) < 4.78 is 10.1. The number of carbonyl (C=O) groups is 3. The minimum atomic E-state index is -0.883. The smallest absolute Gasteiger partial charge is 0.329 e. The van der Waals surface area contributed by atoms with E-state index in [-0.39, 0.29) is 0 Å². The number of ether oxygens (including phenoxy) is 2. The van der Waals surface area contributed by atoms with Gasteiger partial charge in [-0.15, -0.1) is 0 Å². The molecule has 0 radical (unpaired) electrons. The van der Waals surface area contributed by atoms with Crippen molar-refractivity contribution in [3.63, 3.8) is 0 Å². The first-order chi connectivity index (χ1) is 11.9. The van der Waals surface area contributed by atoms with E-state index in [4.69, 9.17) is 15.2 Å². The highest BCUT2D eigenvalue weighted by molar-refractivity contribution is 7.98. The summed E-state index contributed by atoms with van der Waals surface area (Å²) in [5.41, 5.74) is 6.47. The Bertz CT molecular complexity index is 624. The summed E-state index contributed by atoms with van der Waals surface area (Å²) in [6.45, 7) is 1.40. The molecule has 0 fully saturated rings. The highest BCUT2D eigenvalue weighted by Gasteiger charge is 2.22. The number of hydrogen-bond acceptors (Lipinski definition) is 6. The summed E-state index contributed by atoms with van der Waals surface area (Å²) in [5, 5.41) is 4.94. The second kappa shape index (κ2) is 10.4. The van der Waals surface area contributed by atoms with Gasteiger partial charge >= 0.3 is 12.0 Å². The summed E-state index contributed by atoms with van der Waals surface area (Å²) in [5.74, 6) is -0.0927. The van der Waals surface area contributed by atoms with Crippen molar-refractivity contribution >= 4 is 35.4 Å². The zero-order valence-electron chi connectivity index (χ0n) is 14.5. The molecular formula is C16H23N3O5S. The van der Waals surface area contributed by atoms with Gasteiger partial charge in [-0.2, -0.15) is 11.8 Å². The maximum atomic E-state index is 12.0. The minimum Gasteiger partial charge on any atom is -0.495 e. The predicted octanol–water partition coefficient (Wildman–Crippen LogP) is 1.28. The zero-order valence-corrected chi connectivity index (χ0v) is 15.3. The van der Waals surface area contributed by atoms with E-state index in [1.807, 2.05) is 19.2 Å². The molecule has 1 atom stereocenters. The van der Waals surface area contributed by atoms with Gasteiger partial charge in [0.2, 0.25) is 0 Å². The number of thioether (sulfide) groups is 1. The summed E-state index contributed by atoms with van der Waals surface area (Å²) in [7, 11) is 1.49. The quantitative estimate of drug-likeness (QED) is 0.564. The lowest BCUT2D eigenvalue weighted by atomic mass is 10.2. The van der Waals surface area contributed by atoms with Gasteiger partial charge in [0.15, 0.2) is 6.61 Å². The van der Waals surface area contributed by atoms with Crippen LogP contribution in [0.3, 0.4) is 0 Å². The molecule has 0 bridgehead atoms. The van der Waals surface area contributed by atoms with Gasteiger partial charge in [-0.1, -0.05) is 6.07 Å². The number of methoxy groups -OCH3 is 1. The summed E-state index contributed by atoms with van der Waals surface area (Å²) in [4.78, 5) is 35.0. The van der Waals surface area contributed by atoms with E-state index < -0.39 is 30.6 Å². The summed E-state index contributed by atoms with van der Waals surface area (Å²) >= 11 is 1.51. The predicted molar refractivity (Wildman–Crippen MR) is 96.8 cm³/mol. The molecule has 0 saturated carbocycles. The van der Waals surface area contributed by atoms with Crippen LogP contribution in [0.2, 0.25) is 0 Å². The number of anilines is 1. The van der Waals surface area contributed by atoms with Crippen LogP contribution in [0.4, 0.5) is 10.5 Å². The van der Waals surface area contributed by atoms with Crippen LogP contribution >= 0.6 is 11.8 Å². The molecule has 1 aromatic rings. The number of esters is 1. The van der Waals surface area contributed by atoms with Gasteiger partial charge in [0, 0.05) is 0 Å². The van der Waals surface area contributed by atoms with Crippen molar-refractivity contribution in [3.8, 4) is 5.75 Å². The van der Waals surface area contributed by atoms with Crippen LogP contribution in [-0.2, 0) is 14.3 Å². The molecule has 138 valence electrons. The number of urea groups is 1. The van der Waals surface area contributed by atoms with Gasteiger partial charge in [-0.3, -0.25) is 4.79 Å². The lowest BCUT2D eigenvalue weighted by molar-refractivity contribution is -0.149. The lowest BCUT2D eigenvalue weighted by Crippen LogP contribution is -2.45. The molecule has 0 aliphatic heterocycles. The highest BCUT2D eigenvalue weighted by Crippen LogP contribution is 2.25. The molecule has 0 saturated heterocycles. The SMILES string of the molecule is COc1ccc(C)cc1NC(=O)COC(=O)[C@@H](CCSC)NC(N)=O. The van der Waals surface area contributed by atoms with Gasteiger partial charge < -0.3 is 25.8 Å². The summed E-state index contributed by atoms with van der Waals surface area (Å²) in [6.07, 6.45) is 2.23. The Morgan fingerprint density at radius 2 is 2.04 bits per heavy atom. The lowest BCUT2D eigenvalue weighted by Gasteiger charge is -2.16. The average molecular weight is 369 g/mol. The highest BCUT2D eigenvalue weighted by atomic mass is 32.2. The Kier molecular flexibility index (Phi) is 8.62. The van der Waals surface area contributed by atoms with Crippen LogP contribution in [-0.4, -0.2) is 49.7 Å². The first-order valence-electron chi connectivity index (χ1n) is 7.53. The number of primary amides is 1. The molecule has 8 nitrogen and oxygen atoms in total. The number of aryl methyl sites for hydroxylation is 1. The third kappa shape index (κ3) is 7.34. The molecule has 0 aliphatic carbocycles. The van der Waals surface area contributed by atoms with Crippen molar-refractivity contribution in [3.05, 3.63) is 23.8 Å². The third-order valence-electron chi connectivity index (χ3n) is 3.19. The zero-order chi connectivity index (χ0) is 18.8. The average Bonchev–Trinajstić information content (AvgIpc) is 2.56. The van der Waals surface area contributed by atoms with Gasteiger partial charge in [0.1, 0.15) is 11.8 Å². The van der Waals surface area contributed by atoms with Crippen LogP contribution in [0.15, 0.2) is 18.2 Å². The first-order valence-corrected chi connectivity index (χ1v) is 8.92. The summed E-state index contributed by atoms with van der Waals surface area (Å²) in [6, 6.07) is 3.62. The van der Waals surface area contributed by atoms with Crippen molar-refractivity contribution in [1.29, 1.82) is 0 Å². The second-order valence-electron chi connectivity index (χ2n) is 5.20. The van der Waals surface area contributed by atoms with Crippen LogP contribution in [0.5, 0.6) is 5.75 Å². The second-order valence-corrected chi connectivity index (χ2v) is 6.19. The van der Waals surface area contributed by atoms with Crippen molar-refractivity contribution in [2.24, 2.45) is 5.73 Å². The van der Waals surface area contributed by atoms with E-state index in [9.17, 15) is 14.4 Å². The number of carbonyl (C=O) groups excluding carboxylic acids is 3. The molecule has 9 heteroatoms. The van der Waals surface area contributed by atoms with Gasteiger partial charge in [-0.25, -0.2) is 9.59 Å². The minimum absolute atomic E-state index is 0.357. The Balaban J connectivity index is 2.60. The number of nitrogens with one attached hydrogen (secondary N) is 2. The number of rotatable bonds is 9. The number of hydrogen-bond donors (Lipinski definition) is 3. The van der Waals surface area contributed by atoms with Gasteiger partial charge in [0.25, 0.3) is 5.91 Å². The molecule has 4 N–H and O–H groups in total. The van der Waals surface area contributed by atoms with Crippen LogP contribution in [0.1, 0.15) is 12.0 Å². The standard InChI is InChI=1S/C16H23N3O5S/c1-10-4-5-13(23-2)12(8-10)18-14(20)9-24-15(21)11(6-7-25-3)19-16(17)22/h4-5,8,11H,6-7,9H2,1-3H3,(H,18,20)(H3,17,19,22)/t11-/m1/s1. The molecule has 25 heavy (non-hydrogen) atoms. The molecule has 3 amide bonds. The third-order valence-corrected chi connectivity index (χ3v) is 3.83. The Morgan fingerprint density at radius 1 is 1.32 bits per heavy atom. The maximum Gasteiger partial charge on any atom is 0.329 e. The van der Waals surface area contributed by atoms with Crippen LogP contribution in [0, 0.1) is 6.92 Å². The maximum absolute atomic E-state index is 12.0. The van der Waals surface area contributed by atoms with Gasteiger partial charge in [-0.05, 0) is 43.0 Å².